The van der Waals surface area contributed by atoms with E-state index in [-0.39, 0.29) is 16.3 Å². The summed E-state index contributed by atoms with van der Waals surface area (Å²) < 4.78 is 1.41. The van der Waals surface area contributed by atoms with Gasteiger partial charge >= 0.3 is 5.97 Å². The second-order valence-corrected chi connectivity index (χ2v) is 5.92. The third-order valence-corrected chi connectivity index (χ3v) is 3.91. The van der Waals surface area contributed by atoms with Crippen molar-refractivity contribution in [3.05, 3.63) is 76.0 Å². The highest BCUT2D eigenvalue weighted by Gasteiger charge is 2.12. The van der Waals surface area contributed by atoms with Gasteiger partial charge in [-0.2, -0.15) is 5.10 Å². The van der Waals surface area contributed by atoms with Gasteiger partial charge in [0.25, 0.3) is 5.91 Å². The van der Waals surface area contributed by atoms with Crippen LogP contribution in [0.25, 0.3) is 5.69 Å². The maximum atomic E-state index is 12.4. The summed E-state index contributed by atoms with van der Waals surface area (Å²) in [5, 5.41) is 16.3. The zero-order chi connectivity index (χ0) is 18.0. The summed E-state index contributed by atoms with van der Waals surface area (Å²) in [5.41, 5.74) is 1.29. The Morgan fingerprint density at radius 3 is 2.60 bits per heavy atom. The van der Waals surface area contributed by atoms with Crippen LogP contribution in [0.15, 0.2) is 54.7 Å². The zero-order valence-electron chi connectivity index (χ0n) is 12.6. The number of carbonyl (C=O) groups is 2. The monoisotopic (exact) mass is 375 g/mol. The predicted molar refractivity (Wildman–Crippen MR) is 94.9 cm³/mol. The topological polar surface area (TPSA) is 84.2 Å². The van der Waals surface area contributed by atoms with Gasteiger partial charge in [-0.3, -0.25) is 4.79 Å². The van der Waals surface area contributed by atoms with E-state index in [4.69, 9.17) is 28.3 Å². The maximum absolute atomic E-state index is 12.4. The number of hydrogen-bond acceptors (Lipinski definition) is 3. The lowest BCUT2D eigenvalue weighted by Crippen LogP contribution is -2.12. The quantitative estimate of drug-likeness (QED) is 0.717. The number of halogens is 2. The lowest BCUT2D eigenvalue weighted by atomic mass is 10.2. The first-order chi connectivity index (χ1) is 11.9. The lowest BCUT2D eigenvalue weighted by Gasteiger charge is -2.09. The van der Waals surface area contributed by atoms with Crippen LogP contribution in [-0.4, -0.2) is 26.8 Å². The molecule has 8 heteroatoms. The summed E-state index contributed by atoms with van der Waals surface area (Å²) in [7, 11) is 0. The number of carbonyl (C=O) groups excluding carboxylic acids is 1. The van der Waals surface area contributed by atoms with Crippen molar-refractivity contribution in [1.82, 2.24) is 9.78 Å². The van der Waals surface area contributed by atoms with Crippen molar-refractivity contribution in [3.8, 4) is 5.69 Å². The molecule has 0 bridgehead atoms. The summed E-state index contributed by atoms with van der Waals surface area (Å²) in [6.45, 7) is 0. The first-order valence-electron chi connectivity index (χ1n) is 7.10. The van der Waals surface area contributed by atoms with E-state index in [1.54, 1.807) is 36.4 Å². The molecule has 1 amide bonds. The van der Waals surface area contributed by atoms with Crippen LogP contribution in [0.4, 0.5) is 5.69 Å². The maximum Gasteiger partial charge on any atom is 0.356 e. The number of carboxylic acids is 1. The van der Waals surface area contributed by atoms with Crippen molar-refractivity contribution in [2.24, 2.45) is 0 Å². The Kier molecular flexibility index (Phi) is 4.74. The van der Waals surface area contributed by atoms with E-state index >= 15 is 0 Å². The summed E-state index contributed by atoms with van der Waals surface area (Å²) in [6, 6.07) is 12.8. The molecule has 3 rings (SSSR count). The van der Waals surface area contributed by atoms with Gasteiger partial charge in [-0.05, 0) is 42.5 Å². The predicted octanol–water partition coefficient (Wildman–Crippen LogP) is 4.13. The van der Waals surface area contributed by atoms with Gasteiger partial charge in [-0.25, -0.2) is 9.48 Å². The van der Waals surface area contributed by atoms with Crippen molar-refractivity contribution < 1.29 is 14.7 Å². The van der Waals surface area contributed by atoms with Crippen molar-refractivity contribution in [2.45, 2.75) is 0 Å². The molecule has 0 saturated carbocycles. The van der Waals surface area contributed by atoms with E-state index in [1.807, 2.05) is 0 Å². The molecule has 0 aliphatic carbocycles. The molecule has 6 nitrogen and oxygen atoms in total. The van der Waals surface area contributed by atoms with Crippen molar-refractivity contribution in [1.29, 1.82) is 0 Å². The van der Waals surface area contributed by atoms with Crippen LogP contribution >= 0.6 is 23.2 Å². The van der Waals surface area contributed by atoms with E-state index in [1.165, 1.54) is 23.0 Å². The highest BCUT2D eigenvalue weighted by Crippen LogP contribution is 2.22. The molecule has 25 heavy (non-hydrogen) atoms. The molecule has 1 heterocycles. The van der Waals surface area contributed by atoms with Crippen molar-refractivity contribution in [3.63, 3.8) is 0 Å². The van der Waals surface area contributed by atoms with Crippen LogP contribution < -0.4 is 5.32 Å². The summed E-state index contributed by atoms with van der Waals surface area (Å²) in [5.74, 6) is -1.52. The molecule has 0 aliphatic rings. The number of anilines is 1. The molecule has 0 fully saturated rings. The Morgan fingerprint density at radius 2 is 1.88 bits per heavy atom. The normalized spacial score (nSPS) is 10.5. The first-order valence-corrected chi connectivity index (χ1v) is 7.85. The Balaban J connectivity index is 1.85. The van der Waals surface area contributed by atoms with Gasteiger partial charge in [0, 0.05) is 16.9 Å². The van der Waals surface area contributed by atoms with Gasteiger partial charge in [-0.1, -0.05) is 29.3 Å². The van der Waals surface area contributed by atoms with Crippen molar-refractivity contribution in [2.75, 3.05) is 5.32 Å². The average molecular weight is 376 g/mol. The minimum atomic E-state index is -1.11. The Labute approximate surface area is 152 Å². The number of aromatic carboxylic acids is 1. The molecule has 0 spiro atoms. The van der Waals surface area contributed by atoms with Crippen LogP contribution in [0.5, 0.6) is 0 Å². The van der Waals surface area contributed by atoms with E-state index in [9.17, 15) is 9.59 Å². The third kappa shape index (κ3) is 3.81. The largest absolute Gasteiger partial charge is 0.476 e. The van der Waals surface area contributed by atoms with Crippen LogP contribution in [0.1, 0.15) is 20.8 Å². The van der Waals surface area contributed by atoms with Crippen LogP contribution in [0.3, 0.4) is 0 Å². The van der Waals surface area contributed by atoms with Gasteiger partial charge in [0.2, 0.25) is 0 Å². The number of benzene rings is 2. The van der Waals surface area contributed by atoms with E-state index < -0.39 is 11.9 Å². The Bertz CT molecular complexity index is 969. The molecule has 1 aromatic heterocycles. The van der Waals surface area contributed by atoms with Crippen LogP contribution in [0.2, 0.25) is 10.0 Å². The Morgan fingerprint density at radius 1 is 1.08 bits per heavy atom. The highest BCUT2D eigenvalue weighted by molar-refractivity contribution is 6.36. The molecule has 0 unspecified atom stereocenters. The standard InChI is InChI=1S/C17H11Cl2N3O3/c18-10-4-5-14(19)13(8-10)16(23)20-11-2-1-3-12(9-11)22-7-6-15(21-22)17(24)25/h1-9H,(H,20,23)(H,24,25). The molecule has 126 valence electrons. The van der Waals surface area contributed by atoms with E-state index in [0.717, 1.165) is 0 Å². The number of hydrogen-bond donors (Lipinski definition) is 2. The fourth-order valence-electron chi connectivity index (χ4n) is 2.18. The van der Waals surface area contributed by atoms with Crippen molar-refractivity contribution >= 4 is 40.8 Å². The minimum Gasteiger partial charge on any atom is -0.476 e. The van der Waals surface area contributed by atoms with Gasteiger partial charge in [-0.15, -0.1) is 0 Å². The van der Waals surface area contributed by atoms with E-state index in [2.05, 4.69) is 10.4 Å². The van der Waals surface area contributed by atoms with Crippen LogP contribution in [-0.2, 0) is 0 Å². The van der Waals surface area contributed by atoms with Gasteiger partial charge in [0.05, 0.1) is 16.3 Å². The number of nitrogens with one attached hydrogen (secondary N) is 1. The molecule has 0 atom stereocenters. The fraction of sp³-hybridized carbons (Fsp3) is 0. The van der Waals surface area contributed by atoms with Crippen LogP contribution in [0, 0.1) is 0 Å². The summed E-state index contributed by atoms with van der Waals surface area (Å²) in [6.07, 6.45) is 1.53. The second-order valence-electron chi connectivity index (χ2n) is 5.08. The molecule has 0 saturated heterocycles. The van der Waals surface area contributed by atoms with Gasteiger partial charge in [0.15, 0.2) is 5.69 Å². The van der Waals surface area contributed by atoms with E-state index in [0.29, 0.717) is 16.4 Å². The molecular weight excluding hydrogens is 365 g/mol. The number of carboxylic acid groups (broad SMARTS) is 1. The molecule has 0 radical (unpaired) electrons. The van der Waals surface area contributed by atoms with Gasteiger partial charge in [0.1, 0.15) is 0 Å². The number of aromatic nitrogens is 2. The first kappa shape index (κ1) is 17.0. The smallest absolute Gasteiger partial charge is 0.356 e. The summed E-state index contributed by atoms with van der Waals surface area (Å²) in [4.78, 5) is 23.3. The molecule has 0 aliphatic heterocycles. The average Bonchev–Trinajstić information content (AvgIpc) is 3.07. The molecule has 2 N–H and O–H groups in total. The molecular formula is C17H11Cl2N3O3. The fourth-order valence-corrected chi connectivity index (χ4v) is 2.55. The second kappa shape index (κ2) is 6.96. The zero-order valence-corrected chi connectivity index (χ0v) is 14.1. The highest BCUT2D eigenvalue weighted by atomic mass is 35.5. The summed E-state index contributed by atoms with van der Waals surface area (Å²) >= 11 is 11.9. The number of amides is 1. The Hall–Kier alpha value is -2.83. The number of nitrogens with zero attached hydrogens (tertiary/aromatic N) is 2. The van der Waals surface area contributed by atoms with Gasteiger partial charge < -0.3 is 10.4 Å². The third-order valence-electron chi connectivity index (χ3n) is 3.35. The molecule has 3 aromatic rings. The lowest BCUT2D eigenvalue weighted by molar-refractivity contribution is 0.0689. The minimum absolute atomic E-state index is 0.0693. The number of rotatable bonds is 4. The SMILES string of the molecule is O=C(O)c1ccn(-c2cccc(NC(=O)c3cc(Cl)ccc3Cl)c2)n1. The molecule has 2 aromatic carbocycles.